The maximum absolute atomic E-state index is 10.9. The average molecular weight is 186 g/mol. The van der Waals surface area contributed by atoms with Gasteiger partial charge >= 0.3 is 5.97 Å². The number of esters is 1. The molecule has 0 aliphatic carbocycles. The van der Waals surface area contributed by atoms with E-state index in [1.807, 2.05) is 27.9 Å². The van der Waals surface area contributed by atoms with Crippen molar-refractivity contribution >= 4 is 5.97 Å². The minimum absolute atomic E-state index is 0.276. The van der Waals surface area contributed by atoms with Crippen LogP contribution in [0, 0.1) is 0 Å². The van der Waals surface area contributed by atoms with Gasteiger partial charge in [0.25, 0.3) is 5.72 Å². The molecule has 0 aromatic heterocycles. The SMILES string of the molecule is C=CC(C)(OC(C)=O)[N+](C)(C)CC. The third-order valence-corrected chi connectivity index (χ3v) is 2.72. The lowest BCUT2D eigenvalue weighted by molar-refractivity contribution is -0.952. The molecule has 0 aliphatic heterocycles. The molecule has 13 heavy (non-hydrogen) atoms. The molecule has 0 aromatic carbocycles. The van der Waals surface area contributed by atoms with Gasteiger partial charge in [0, 0.05) is 19.9 Å². The Hall–Kier alpha value is -0.830. The van der Waals surface area contributed by atoms with Crippen molar-refractivity contribution in [2.45, 2.75) is 26.5 Å². The van der Waals surface area contributed by atoms with Crippen LogP contribution in [0.2, 0.25) is 0 Å². The smallest absolute Gasteiger partial charge is 0.307 e. The van der Waals surface area contributed by atoms with E-state index in [2.05, 4.69) is 6.58 Å². The molecule has 1 unspecified atom stereocenters. The third-order valence-electron chi connectivity index (χ3n) is 2.72. The number of carbonyl (C=O) groups is 1. The normalized spacial score (nSPS) is 16.1. The molecule has 3 nitrogen and oxygen atoms in total. The summed E-state index contributed by atoms with van der Waals surface area (Å²) < 4.78 is 5.84. The van der Waals surface area contributed by atoms with E-state index in [4.69, 9.17) is 4.74 Å². The van der Waals surface area contributed by atoms with Crippen molar-refractivity contribution < 1.29 is 14.0 Å². The van der Waals surface area contributed by atoms with Gasteiger partial charge in [0.15, 0.2) is 0 Å². The highest BCUT2D eigenvalue weighted by molar-refractivity contribution is 5.66. The van der Waals surface area contributed by atoms with Gasteiger partial charge in [0.1, 0.15) is 0 Å². The fraction of sp³-hybridized carbons (Fsp3) is 0.700. The first-order valence-electron chi connectivity index (χ1n) is 4.45. The van der Waals surface area contributed by atoms with Crippen LogP contribution in [0.3, 0.4) is 0 Å². The summed E-state index contributed by atoms with van der Waals surface area (Å²) in [4.78, 5) is 10.9. The summed E-state index contributed by atoms with van der Waals surface area (Å²) in [5, 5.41) is 0. The quantitative estimate of drug-likeness (QED) is 0.288. The highest BCUT2D eigenvalue weighted by Crippen LogP contribution is 2.23. The lowest BCUT2D eigenvalue weighted by atomic mass is 10.2. The number of quaternary nitrogens is 1. The van der Waals surface area contributed by atoms with Gasteiger partial charge in [0.05, 0.1) is 20.6 Å². The molecular formula is C10H20NO2+. The molecule has 0 aliphatic rings. The zero-order chi connectivity index (χ0) is 10.7. The number of hydrogen-bond donors (Lipinski definition) is 0. The van der Waals surface area contributed by atoms with E-state index < -0.39 is 5.72 Å². The molecule has 0 spiro atoms. The number of likely N-dealkylation sites (N-methyl/N-ethyl adjacent to an activating group) is 1. The third kappa shape index (κ3) is 2.56. The van der Waals surface area contributed by atoms with Crippen molar-refractivity contribution in [1.82, 2.24) is 0 Å². The summed E-state index contributed by atoms with van der Waals surface area (Å²) in [5.41, 5.74) is -0.638. The predicted octanol–water partition coefficient (Wildman–Crippen LogP) is 1.55. The molecule has 0 aromatic rings. The van der Waals surface area contributed by atoms with Crippen LogP contribution in [-0.4, -0.2) is 36.8 Å². The largest absolute Gasteiger partial charge is 0.406 e. The lowest BCUT2D eigenvalue weighted by Crippen LogP contribution is -2.58. The molecule has 0 N–H and O–H groups in total. The summed E-state index contributed by atoms with van der Waals surface area (Å²) in [6.07, 6.45) is 1.68. The van der Waals surface area contributed by atoms with Crippen LogP contribution in [0.5, 0.6) is 0 Å². The van der Waals surface area contributed by atoms with Crippen LogP contribution >= 0.6 is 0 Å². The van der Waals surface area contributed by atoms with Crippen molar-refractivity contribution in [3.05, 3.63) is 12.7 Å². The van der Waals surface area contributed by atoms with Crippen LogP contribution in [0.25, 0.3) is 0 Å². The topological polar surface area (TPSA) is 26.3 Å². The molecule has 3 heteroatoms. The highest BCUT2D eigenvalue weighted by Gasteiger charge is 2.40. The summed E-state index contributed by atoms with van der Waals surface area (Å²) in [6.45, 7) is 9.90. The van der Waals surface area contributed by atoms with Gasteiger partial charge in [-0.15, -0.1) is 0 Å². The van der Waals surface area contributed by atoms with Gasteiger partial charge in [0.2, 0.25) is 0 Å². The van der Waals surface area contributed by atoms with Gasteiger partial charge in [-0.05, 0) is 6.92 Å². The van der Waals surface area contributed by atoms with Gasteiger partial charge in [-0.25, -0.2) is 0 Å². The van der Waals surface area contributed by atoms with E-state index in [1.54, 1.807) is 6.08 Å². The Labute approximate surface area is 80.6 Å². The second-order valence-electron chi connectivity index (χ2n) is 3.85. The number of ether oxygens (including phenoxy) is 1. The molecule has 1 atom stereocenters. The van der Waals surface area contributed by atoms with Crippen molar-refractivity contribution in [1.29, 1.82) is 0 Å². The van der Waals surface area contributed by atoms with E-state index in [1.165, 1.54) is 6.92 Å². The Morgan fingerprint density at radius 2 is 2.08 bits per heavy atom. The Balaban J connectivity index is 4.81. The maximum atomic E-state index is 10.9. The zero-order valence-electron chi connectivity index (χ0n) is 9.26. The minimum Gasteiger partial charge on any atom is -0.406 e. The molecular weight excluding hydrogens is 166 g/mol. The summed E-state index contributed by atoms with van der Waals surface area (Å²) >= 11 is 0. The second-order valence-corrected chi connectivity index (χ2v) is 3.85. The Morgan fingerprint density at radius 3 is 2.31 bits per heavy atom. The first kappa shape index (κ1) is 12.2. The molecule has 0 rings (SSSR count). The Morgan fingerprint density at radius 1 is 1.62 bits per heavy atom. The van der Waals surface area contributed by atoms with Crippen LogP contribution in [0.1, 0.15) is 20.8 Å². The van der Waals surface area contributed by atoms with Crippen molar-refractivity contribution in [2.75, 3.05) is 20.6 Å². The van der Waals surface area contributed by atoms with Crippen LogP contribution in [-0.2, 0) is 9.53 Å². The average Bonchev–Trinajstić information content (AvgIpc) is 2.02. The molecule has 76 valence electrons. The van der Waals surface area contributed by atoms with E-state index >= 15 is 0 Å². The first-order valence-corrected chi connectivity index (χ1v) is 4.45. The van der Waals surface area contributed by atoms with E-state index in [-0.39, 0.29) is 5.97 Å². The zero-order valence-corrected chi connectivity index (χ0v) is 9.26. The summed E-state index contributed by atoms with van der Waals surface area (Å²) in [5.74, 6) is -0.276. The molecule has 0 amide bonds. The Kier molecular flexibility index (Phi) is 3.67. The molecule has 0 heterocycles. The van der Waals surface area contributed by atoms with E-state index in [0.717, 1.165) is 6.54 Å². The van der Waals surface area contributed by atoms with E-state index in [0.29, 0.717) is 4.48 Å². The van der Waals surface area contributed by atoms with Crippen LogP contribution in [0.15, 0.2) is 12.7 Å². The molecule has 0 saturated heterocycles. The second kappa shape index (κ2) is 3.92. The molecule has 0 bridgehead atoms. The summed E-state index contributed by atoms with van der Waals surface area (Å²) in [6, 6.07) is 0. The van der Waals surface area contributed by atoms with Crippen molar-refractivity contribution in [3.63, 3.8) is 0 Å². The maximum Gasteiger partial charge on any atom is 0.307 e. The van der Waals surface area contributed by atoms with Crippen molar-refractivity contribution in [2.24, 2.45) is 0 Å². The number of nitrogens with zero attached hydrogens (tertiary/aromatic N) is 1. The first-order chi connectivity index (χ1) is 5.79. The lowest BCUT2D eigenvalue weighted by Gasteiger charge is -2.42. The van der Waals surface area contributed by atoms with Crippen LogP contribution < -0.4 is 0 Å². The fourth-order valence-electron chi connectivity index (χ4n) is 1.02. The van der Waals surface area contributed by atoms with Gasteiger partial charge < -0.3 is 4.74 Å². The number of carbonyl (C=O) groups excluding carboxylic acids is 1. The van der Waals surface area contributed by atoms with Gasteiger partial charge in [-0.3, -0.25) is 9.28 Å². The number of rotatable bonds is 4. The number of hydrogen-bond acceptors (Lipinski definition) is 2. The van der Waals surface area contributed by atoms with Gasteiger partial charge in [-0.1, -0.05) is 6.58 Å². The highest BCUT2D eigenvalue weighted by atomic mass is 16.6. The monoisotopic (exact) mass is 186 g/mol. The molecule has 0 saturated carbocycles. The molecule has 0 radical (unpaired) electrons. The van der Waals surface area contributed by atoms with Crippen molar-refractivity contribution in [3.8, 4) is 0 Å². The minimum atomic E-state index is -0.638. The standard InChI is InChI=1S/C10H20NO2/c1-7-10(4,13-9(3)12)11(5,6)8-2/h7H,1,8H2,2-6H3/q+1. The fourth-order valence-corrected chi connectivity index (χ4v) is 1.02. The molecule has 0 fully saturated rings. The van der Waals surface area contributed by atoms with E-state index in [9.17, 15) is 4.79 Å². The predicted molar refractivity (Wildman–Crippen MR) is 53.0 cm³/mol. The van der Waals surface area contributed by atoms with Gasteiger partial charge in [-0.2, -0.15) is 0 Å². The Bertz CT molecular complexity index is 211. The van der Waals surface area contributed by atoms with Crippen LogP contribution in [0.4, 0.5) is 0 Å². The summed E-state index contributed by atoms with van der Waals surface area (Å²) in [7, 11) is 4.01.